The van der Waals surface area contributed by atoms with E-state index < -0.39 is 6.00 Å². The van der Waals surface area contributed by atoms with Gasteiger partial charge in [-0.15, -0.1) is 33.2 Å². The van der Waals surface area contributed by atoms with Gasteiger partial charge in [-0.05, 0) is 23.6 Å². The van der Waals surface area contributed by atoms with Crippen molar-refractivity contribution >= 4 is 44.4 Å². The summed E-state index contributed by atoms with van der Waals surface area (Å²) in [7, 11) is 0. The number of halogens is 3. The van der Waals surface area contributed by atoms with Crippen LogP contribution in [-0.2, 0) is 6.42 Å². The second-order valence-corrected chi connectivity index (χ2v) is 12.0. The van der Waals surface area contributed by atoms with E-state index in [1.807, 2.05) is 18.2 Å². The van der Waals surface area contributed by atoms with Gasteiger partial charge in [0.25, 0.3) is 0 Å². The first kappa shape index (κ1) is 13.4. The molecule has 0 spiro atoms. The number of rotatable bonds is 5. The van der Waals surface area contributed by atoms with Crippen LogP contribution in [0.5, 0.6) is 0 Å². The Morgan fingerprint density at radius 3 is 2.33 bits per heavy atom. The van der Waals surface area contributed by atoms with Gasteiger partial charge in [-0.3, -0.25) is 0 Å². The standard InChI is InChI=1S/C11H15Cl3Si/c1-2-3-4-7-10-8-5-6-9-11(10)15(12,13)14/h5-6,8-9H,2-4,7H2,1H3. The van der Waals surface area contributed by atoms with Crippen LogP contribution in [0, 0.1) is 0 Å². The van der Waals surface area contributed by atoms with Crippen LogP contribution >= 0.6 is 33.2 Å². The molecule has 0 radical (unpaired) electrons. The molecular formula is C11H15Cl3Si. The lowest BCUT2D eigenvalue weighted by Crippen LogP contribution is -2.33. The van der Waals surface area contributed by atoms with E-state index in [9.17, 15) is 0 Å². The molecule has 0 bridgehead atoms. The van der Waals surface area contributed by atoms with E-state index in [0.29, 0.717) is 0 Å². The first-order chi connectivity index (χ1) is 7.05. The third-order valence-electron chi connectivity index (χ3n) is 2.37. The van der Waals surface area contributed by atoms with Crippen molar-refractivity contribution in [1.82, 2.24) is 0 Å². The molecule has 0 fully saturated rings. The smallest absolute Gasteiger partial charge is 0.121 e. The maximum atomic E-state index is 6.05. The highest BCUT2D eigenvalue weighted by Gasteiger charge is 2.30. The van der Waals surface area contributed by atoms with E-state index in [1.165, 1.54) is 24.8 Å². The van der Waals surface area contributed by atoms with Crippen molar-refractivity contribution in [3.8, 4) is 0 Å². The van der Waals surface area contributed by atoms with Gasteiger partial charge in [-0.1, -0.05) is 44.0 Å². The van der Waals surface area contributed by atoms with Crippen LogP contribution in [0.15, 0.2) is 24.3 Å². The average Bonchev–Trinajstić information content (AvgIpc) is 2.17. The highest BCUT2D eigenvalue weighted by molar-refractivity contribution is 7.69. The van der Waals surface area contributed by atoms with Crippen LogP contribution in [0.4, 0.5) is 0 Å². The summed E-state index contributed by atoms with van der Waals surface area (Å²) >= 11 is 18.1. The zero-order valence-electron chi connectivity index (χ0n) is 8.77. The van der Waals surface area contributed by atoms with Gasteiger partial charge in [0, 0.05) is 0 Å². The van der Waals surface area contributed by atoms with E-state index in [0.717, 1.165) is 11.6 Å². The third kappa shape index (κ3) is 4.35. The lowest BCUT2D eigenvalue weighted by molar-refractivity contribution is 0.719. The van der Waals surface area contributed by atoms with Gasteiger partial charge in [-0.25, -0.2) is 0 Å². The van der Waals surface area contributed by atoms with Gasteiger partial charge >= 0.3 is 6.00 Å². The van der Waals surface area contributed by atoms with Crippen LogP contribution in [-0.4, -0.2) is 6.00 Å². The van der Waals surface area contributed by atoms with Gasteiger partial charge in [0.2, 0.25) is 0 Å². The molecule has 0 saturated carbocycles. The van der Waals surface area contributed by atoms with Crippen molar-refractivity contribution in [3.05, 3.63) is 29.8 Å². The summed E-state index contributed by atoms with van der Waals surface area (Å²) in [6.07, 6.45) is 4.64. The highest BCUT2D eigenvalue weighted by Crippen LogP contribution is 2.22. The summed E-state index contributed by atoms with van der Waals surface area (Å²) in [6, 6.07) is 5.24. The Bertz CT molecular complexity index is 307. The van der Waals surface area contributed by atoms with Gasteiger partial charge < -0.3 is 0 Å². The van der Waals surface area contributed by atoms with Crippen molar-refractivity contribution in [2.75, 3.05) is 0 Å². The van der Waals surface area contributed by atoms with Crippen LogP contribution in [0.25, 0.3) is 0 Å². The number of hydrogen-bond donors (Lipinski definition) is 0. The van der Waals surface area contributed by atoms with E-state index >= 15 is 0 Å². The fourth-order valence-electron chi connectivity index (χ4n) is 1.58. The van der Waals surface area contributed by atoms with E-state index in [4.69, 9.17) is 33.2 Å². The molecule has 1 aromatic rings. The summed E-state index contributed by atoms with van der Waals surface area (Å²) in [5.74, 6) is 0. The Labute approximate surface area is 107 Å². The highest BCUT2D eigenvalue weighted by atomic mass is 35.8. The molecule has 0 aliphatic rings. The molecule has 15 heavy (non-hydrogen) atoms. The molecule has 84 valence electrons. The molecule has 0 N–H and O–H groups in total. The molecular weight excluding hydrogens is 267 g/mol. The van der Waals surface area contributed by atoms with E-state index in [2.05, 4.69) is 13.0 Å². The molecule has 0 unspecified atom stereocenters. The molecule has 0 saturated heterocycles. The van der Waals surface area contributed by atoms with E-state index in [-0.39, 0.29) is 0 Å². The van der Waals surface area contributed by atoms with Crippen molar-refractivity contribution in [2.45, 2.75) is 32.6 Å². The molecule has 0 nitrogen and oxygen atoms in total. The van der Waals surface area contributed by atoms with Gasteiger partial charge in [-0.2, -0.15) is 0 Å². The molecule has 0 aromatic heterocycles. The zero-order valence-corrected chi connectivity index (χ0v) is 12.0. The van der Waals surface area contributed by atoms with Crippen molar-refractivity contribution in [2.24, 2.45) is 0 Å². The number of benzene rings is 1. The Morgan fingerprint density at radius 1 is 1.07 bits per heavy atom. The number of unbranched alkanes of at least 4 members (excludes halogenated alkanes) is 2. The fraction of sp³-hybridized carbons (Fsp3) is 0.455. The Kier molecular flexibility index (Phi) is 5.48. The van der Waals surface area contributed by atoms with Crippen LogP contribution < -0.4 is 5.19 Å². The lowest BCUT2D eigenvalue weighted by atomic mass is 10.1. The topological polar surface area (TPSA) is 0 Å². The summed E-state index contributed by atoms with van der Waals surface area (Å²) in [5.41, 5.74) is 1.21. The summed E-state index contributed by atoms with van der Waals surface area (Å²) in [5, 5.41) is 0.950. The van der Waals surface area contributed by atoms with Crippen molar-refractivity contribution in [3.63, 3.8) is 0 Å². The second-order valence-electron chi connectivity index (χ2n) is 3.61. The van der Waals surface area contributed by atoms with Gasteiger partial charge in [0.15, 0.2) is 0 Å². The molecule has 0 aliphatic heterocycles. The molecule has 1 aromatic carbocycles. The monoisotopic (exact) mass is 280 g/mol. The van der Waals surface area contributed by atoms with Crippen molar-refractivity contribution < 1.29 is 0 Å². The second kappa shape index (κ2) is 6.14. The quantitative estimate of drug-likeness (QED) is 0.429. The minimum absolute atomic E-state index is 0.950. The van der Waals surface area contributed by atoms with E-state index in [1.54, 1.807) is 0 Å². The minimum atomic E-state index is -2.72. The predicted molar refractivity (Wildman–Crippen MR) is 72.6 cm³/mol. The first-order valence-corrected chi connectivity index (χ1v) is 10.2. The maximum Gasteiger partial charge on any atom is 0.373 e. The summed E-state index contributed by atoms with van der Waals surface area (Å²) < 4.78 is 0. The predicted octanol–water partition coefficient (Wildman–Crippen LogP) is 4.28. The van der Waals surface area contributed by atoms with Crippen LogP contribution in [0.2, 0.25) is 0 Å². The molecule has 4 heteroatoms. The summed E-state index contributed by atoms with van der Waals surface area (Å²) in [6.45, 7) is 2.19. The number of aryl methyl sites for hydroxylation is 1. The molecule has 0 amide bonds. The zero-order chi connectivity index (χ0) is 11.3. The first-order valence-electron chi connectivity index (χ1n) is 5.20. The maximum absolute atomic E-state index is 6.05. The van der Waals surface area contributed by atoms with Crippen LogP contribution in [0.3, 0.4) is 0 Å². The van der Waals surface area contributed by atoms with Crippen LogP contribution in [0.1, 0.15) is 31.7 Å². The largest absolute Gasteiger partial charge is 0.373 e. The Hall–Kier alpha value is 0.307. The Morgan fingerprint density at radius 2 is 1.73 bits per heavy atom. The minimum Gasteiger partial charge on any atom is -0.121 e. The fourth-order valence-corrected chi connectivity index (χ4v) is 4.10. The lowest BCUT2D eigenvalue weighted by Gasteiger charge is -2.13. The Balaban J connectivity index is 2.78. The van der Waals surface area contributed by atoms with Gasteiger partial charge in [0.05, 0.1) is 0 Å². The number of hydrogen-bond acceptors (Lipinski definition) is 0. The third-order valence-corrected chi connectivity index (χ3v) is 5.30. The van der Waals surface area contributed by atoms with Gasteiger partial charge in [0.1, 0.15) is 0 Å². The summed E-state index contributed by atoms with van der Waals surface area (Å²) in [4.78, 5) is 0. The molecule has 0 heterocycles. The normalized spacial score (nSPS) is 11.7. The van der Waals surface area contributed by atoms with Crippen molar-refractivity contribution in [1.29, 1.82) is 0 Å². The average molecular weight is 282 g/mol. The molecule has 0 aliphatic carbocycles. The molecule has 0 atom stereocenters. The molecule has 1 rings (SSSR count). The SMILES string of the molecule is CCCCCc1ccccc1[Si](Cl)(Cl)Cl.